The number of hydrogen-bond donors (Lipinski definition) is 1. The SMILES string of the molecule is CC1=C(C(=O)N2CCc3ncc(C(F)(F)F)cc3C2)C2(CCN([C@H]3CC[C@@H](O)CC3)CC2)OC1=O. The first-order valence-corrected chi connectivity index (χ1v) is 12.3. The molecule has 0 bridgehead atoms. The van der Waals surface area contributed by atoms with Gasteiger partial charge in [0, 0.05) is 68.9 Å². The molecular formula is C25H30F3N3O4. The Kier molecular flexibility index (Phi) is 6.15. The summed E-state index contributed by atoms with van der Waals surface area (Å²) in [6.45, 7) is 3.30. The van der Waals surface area contributed by atoms with E-state index in [-0.39, 0.29) is 24.1 Å². The zero-order valence-corrected chi connectivity index (χ0v) is 19.7. The zero-order chi connectivity index (χ0) is 25.0. The molecule has 190 valence electrons. The first-order chi connectivity index (χ1) is 16.6. The molecule has 4 heterocycles. The van der Waals surface area contributed by atoms with Gasteiger partial charge >= 0.3 is 12.1 Å². The van der Waals surface area contributed by atoms with E-state index in [0.717, 1.165) is 37.9 Å². The molecule has 1 aromatic heterocycles. The Labute approximate surface area is 201 Å². The van der Waals surface area contributed by atoms with E-state index in [0.29, 0.717) is 61.8 Å². The summed E-state index contributed by atoms with van der Waals surface area (Å²) in [4.78, 5) is 34.1. The third-order valence-corrected chi connectivity index (χ3v) is 8.08. The van der Waals surface area contributed by atoms with Crippen LogP contribution in [-0.2, 0) is 33.5 Å². The minimum atomic E-state index is -4.51. The maximum absolute atomic E-state index is 13.7. The Morgan fingerprint density at radius 2 is 1.86 bits per heavy atom. The fourth-order valence-electron chi connectivity index (χ4n) is 6.04. The van der Waals surface area contributed by atoms with E-state index in [2.05, 4.69) is 9.88 Å². The first kappa shape index (κ1) is 24.2. The predicted molar refractivity (Wildman–Crippen MR) is 119 cm³/mol. The van der Waals surface area contributed by atoms with Crippen molar-refractivity contribution in [1.29, 1.82) is 0 Å². The Bertz CT molecular complexity index is 1050. The highest BCUT2D eigenvalue weighted by Gasteiger charge is 2.52. The molecule has 1 saturated heterocycles. The number of piperidine rings is 1. The first-order valence-electron chi connectivity index (χ1n) is 12.3. The fourth-order valence-corrected chi connectivity index (χ4v) is 6.04. The molecule has 0 aromatic carbocycles. The van der Waals surface area contributed by atoms with Gasteiger partial charge in [0.05, 0.1) is 17.2 Å². The lowest BCUT2D eigenvalue weighted by molar-refractivity contribution is -0.152. The number of fused-ring (bicyclic) bond motifs is 1. The predicted octanol–water partition coefficient (Wildman–Crippen LogP) is 3.00. The van der Waals surface area contributed by atoms with Gasteiger partial charge in [-0.15, -0.1) is 0 Å². The second-order valence-electron chi connectivity index (χ2n) is 10.2. The number of carbonyl (C=O) groups excluding carboxylic acids is 2. The molecule has 0 unspecified atom stereocenters. The van der Waals surface area contributed by atoms with Crippen molar-refractivity contribution in [3.05, 3.63) is 40.2 Å². The number of amides is 1. The lowest BCUT2D eigenvalue weighted by Gasteiger charge is -2.44. The molecule has 2 fully saturated rings. The van der Waals surface area contributed by atoms with E-state index in [1.165, 1.54) is 4.90 Å². The van der Waals surface area contributed by atoms with Crippen LogP contribution < -0.4 is 0 Å². The maximum Gasteiger partial charge on any atom is 0.417 e. The number of rotatable bonds is 2. The Balaban J connectivity index is 1.33. The van der Waals surface area contributed by atoms with E-state index < -0.39 is 23.3 Å². The number of aromatic nitrogens is 1. The molecule has 0 atom stereocenters. The summed E-state index contributed by atoms with van der Waals surface area (Å²) in [5, 5.41) is 9.80. The number of alkyl halides is 3. The lowest BCUT2D eigenvalue weighted by atomic mass is 9.81. The van der Waals surface area contributed by atoms with Crippen LogP contribution in [0, 0.1) is 0 Å². The number of aliphatic hydroxyl groups excluding tert-OH is 1. The van der Waals surface area contributed by atoms with Gasteiger partial charge < -0.3 is 19.6 Å². The van der Waals surface area contributed by atoms with Crippen molar-refractivity contribution in [2.75, 3.05) is 19.6 Å². The summed E-state index contributed by atoms with van der Waals surface area (Å²) in [6.07, 6.45) is 0.873. The number of pyridine rings is 1. The average molecular weight is 494 g/mol. The van der Waals surface area contributed by atoms with Gasteiger partial charge in [0.2, 0.25) is 0 Å². The molecule has 5 rings (SSSR count). The smallest absolute Gasteiger partial charge is 0.417 e. The van der Waals surface area contributed by atoms with Gasteiger partial charge in [0.25, 0.3) is 5.91 Å². The maximum atomic E-state index is 13.7. The highest BCUT2D eigenvalue weighted by Crippen LogP contribution is 2.43. The van der Waals surface area contributed by atoms with Gasteiger partial charge in [0.15, 0.2) is 0 Å². The topological polar surface area (TPSA) is 83.0 Å². The van der Waals surface area contributed by atoms with Crippen LogP contribution in [0.25, 0.3) is 0 Å². The van der Waals surface area contributed by atoms with Crippen molar-refractivity contribution in [2.24, 2.45) is 0 Å². The highest BCUT2D eigenvalue weighted by molar-refractivity contribution is 6.07. The molecular weight excluding hydrogens is 463 g/mol. The molecule has 1 amide bonds. The normalized spacial score (nSPS) is 27.2. The Morgan fingerprint density at radius 1 is 1.17 bits per heavy atom. The summed E-state index contributed by atoms with van der Waals surface area (Å²) in [5.41, 5.74) is -0.241. The second-order valence-corrected chi connectivity index (χ2v) is 10.2. The highest BCUT2D eigenvalue weighted by atomic mass is 19.4. The van der Waals surface area contributed by atoms with Gasteiger partial charge in [-0.1, -0.05) is 0 Å². The average Bonchev–Trinajstić information content (AvgIpc) is 3.07. The number of carbonyl (C=O) groups is 2. The molecule has 1 aliphatic carbocycles. The minimum Gasteiger partial charge on any atom is -0.450 e. The number of nitrogens with zero attached hydrogens (tertiary/aromatic N) is 3. The van der Waals surface area contributed by atoms with Crippen LogP contribution in [0.4, 0.5) is 13.2 Å². The largest absolute Gasteiger partial charge is 0.450 e. The molecule has 35 heavy (non-hydrogen) atoms. The molecule has 0 radical (unpaired) electrons. The zero-order valence-electron chi connectivity index (χ0n) is 19.7. The van der Waals surface area contributed by atoms with Crippen LogP contribution in [0.3, 0.4) is 0 Å². The standard InChI is InChI=1S/C25H30F3N3O4/c1-15-21(22(33)31-9-6-20-16(14-31)12-17(13-29-20)25(26,27)28)24(35-23(15)34)7-10-30(11-8-24)18-2-4-19(32)5-3-18/h12-13,18-19,32H,2-11,14H2,1H3/t18-,19+. The number of aliphatic hydroxyl groups is 1. The summed E-state index contributed by atoms with van der Waals surface area (Å²) in [7, 11) is 0. The molecule has 1 aromatic rings. The number of ether oxygens (including phenoxy) is 1. The molecule has 4 aliphatic rings. The molecule has 1 spiro atoms. The van der Waals surface area contributed by atoms with E-state index in [9.17, 15) is 27.9 Å². The lowest BCUT2D eigenvalue weighted by Crippen LogP contribution is -2.52. The van der Waals surface area contributed by atoms with Crippen molar-refractivity contribution in [3.63, 3.8) is 0 Å². The number of likely N-dealkylation sites (tertiary alicyclic amines) is 1. The summed E-state index contributed by atoms with van der Waals surface area (Å²) in [6, 6.07) is 1.44. The van der Waals surface area contributed by atoms with Crippen molar-refractivity contribution in [2.45, 2.75) is 82.3 Å². The van der Waals surface area contributed by atoms with E-state index in [1.54, 1.807) is 6.92 Å². The van der Waals surface area contributed by atoms with Crippen LogP contribution in [0.5, 0.6) is 0 Å². The number of halogens is 3. The fraction of sp³-hybridized carbons (Fsp3) is 0.640. The monoisotopic (exact) mass is 493 g/mol. The van der Waals surface area contributed by atoms with Gasteiger partial charge in [0.1, 0.15) is 5.60 Å². The molecule has 7 nitrogen and oxygen atoms in total. The quantitative estimate of drug-likeness (QED) is 0.638. The summed E-state index contributed by atoms with van der Waals surface area (Å²) >= 11 is 0. The van der Waals surface area contributed by atoms with Gasteiger partial charge in [-0.25, -0.2) is 4.79 Å². The summed E-state index contributed by atoms with van der Waals surface area (Å²) in [5.74, 6) is -0.841. The van der Waals surface area contributed by atoms with Crippen molar-refractivity contribution >= 4 is 11.9 Å². The van der Waals surface area contributed by atoms with Crippen LogP contribution >= 0.6 is 0 Å². The van der Waals surface area contributed by atoms with Gasteiger partial charge in [-0.3, -0.25) is 9.78 Å². The van der Waals surface area contributed by atoms with E-state index >= 15 is 0 Å². The molecule has 3 aliphatic heterocycles. The van der Waals surface area contributed by atoms with Gasteiger partial charge in [-0.2, -0.15) is 13.2 Å². The Hall–Kier alpha value is -2.46. The molecule has 10 heteroatoms. The van der Waals surface area contributed by atoms with Crippen LogP contribution in [0.15, 0.2) is 23.4 Å². The second kappa shape index (κ2) is 8.89. The third-order valence-electron chi connectivity index (χ3n) is 8.08. The van der Waals surface area contributed by atoms with Crippen LogP contribution in [0.2, 0.25) is 0 Å². The van der Waals surface area contributed by atoms with Crippen molar-refractivity contribution < 1.29 is 32.6 Å². The van der Waals surface area contributed by atoms with Crippen LogP contribution in [-0.4, -0.2) is 69.1 Å². The Morgan fingerprint density at radius 3 is 2.51 bits per heavy atom. The van der Waals surface area contributed by atoms with Crippen LogP contribution in [0.1, 0.15) is 62.3 Å². The number of esters is 1. The molecule has 1 N–H and O–H groups in total. The minimum absolute atomic E-state index is 0.0165. The number of hydrogen-bond acceptors (Lipinski definition) is 6. The van der Waals surface area contributed by atoms with E-state index in [4.69, 9.17) is 4.74 Å². The van der Waals surface area contributed by atoms with Crippen molar-refractivity contribution in [3.8, 4) is 0 Å². The third kappa shape index (κ3) is 4.46. The molecule has 1 saturated carbocycles. The summed E-state index contributed by atoms with van der Waals surface area (Å²) < 4.78 is 45.4. The van der Waals surface area contributed by atoms with E-state index in [1.807, 2.05) is 0 Å². The van der Waals surface area contributed by atoms with Crippen molar-refractivity contribution in [1.82, 2.24) is 14.8 Å². The van der Waals surface area contributed by atoms with Gasteiger partial charge in [-0.05, 0) is 44.2 Å².